The van der Waals surface area contributed by atoms with Crippen molar-refractivity contribution in [1.29, 1.82) is 0 Å². The molecule has 0 fully saturated rings. The molecule has 0 heterocycles. The number of carboxylic acids is 1. The topological polar surface area (TPSA) is 66.8 Å². The first kappa shape index (κ1) is 17.5. The Hall–Kier alpha value is -2.82. The molecule has 2 aromatic carbocycles. The van der Waals surface area contributed by atoms with Crippen LogP contribution in [0.5, 0.6) is 5.75 Å². The fraction of sp³-hybridized carbons (Fsp3) is 0.263. The van der Waals surface area contributed by atoms with Crippen LogP contribution in [0.3, 0.4) is 0 Å². The summed E-state index contributed by atoms with van der Waals surface area (Å²) >= 11 is 0. The number of amides is 1. The molecular weight excluding hydrogens is 306 g/mol. The van der Waals surface area contributed by atoms with Crippen molar-refractivity contribution in [2.24, 2.45) is 0 Å². The molecule has 0 saturated heterocycles. The van der Waals surface area contributed by atoms with Gasteiger partial charge in [-0.05, 0) is 29.7 Å². The molecule has 0 radical (unpaired) electrons. The van der Waals surface area contributed by atoms with Crippen LogP contribution < -0.4 is 4.74 Å². The number of carbonyl (C=O) groups excluding carboxylic acids is 1. The molecule has 24 heavy (non-hydrogen) atoms. The molecule has 0 saturated carbocycles. The predicted octanol–water partition coefficient (Wildman–Crippen LogP) is 2.74. The molecule has 0 atom stereocenters. The summed E-state index contributed by atoms with van der Waals surface area (Å²) in [6.45, 7) is 0.00489. The van der Waals surface area contributed by atoms with Gasteiger partial charge in [0, 0.05) is 13.0 Å². The van der Waals surface area contributed by atoms with E-state index in [0.29, 0.717) is 13.0 Å². The number of ether oxygens (including phenoxy) is 1. The molecule has 0 aliphatic rings. The highest BCUT2D eigenvalue weighted by Gasteiger charge is 2.17. The molecule has 2 rings (SSSR count). The predicted molar refractivity (Wildman–Crippen MR) is 90.8 cm³/mol. The molecule has 1 amide bonds. The number of aliphatic carboxylic acids is 1. The van der Waals surface area contributed by atoms with E-state index in [1.54, 1.807) is 7.11 Å². The number of carboxylic acid groups (broad SMARTS) is 1. The average molecular weight is 327 g/mol. The second kappa shape index (κ2) is 8.72. The van der Waals surface area contributed by atoms with Crippen LogP contribution in [-0.4, -0.2) is 35.5 Å². The van der Waals surface area contributed by atoms with E-state index in [2.05, 4.69) is 0 Å². The zero-order valence-corrected chi connectivity index (χ0v) is 13.6. The lowest BCUT2D eigenvalue weighted by atomic mass is 10.1. The van der Waals surface area contributed by atoms with Crippen LogP contribution in [0.15, 0.2) is 54.6 Å². The Kier molecular flexibility index (Phi) is 6.37. The molecule has 0 aliphatic carbocycles. The Morgan fingerprint density at radius 2 is 1.67 bits per heavy atom. The minimum absolute atomic E-state index is 0.169. The Bertz CT molecular complexity index is 668. The molecule has 0 bridgehead atoms. The van der Waals surface area contributed by atoms with E-state index >= 15 is 0 Å². The smallest absolute Gasteiger partial charge is 0.323 e. The molecule has 0 aromatic heterocycles. The van der Waals surface area contributed by atoms with E-state index in [0.717, 1.165) is 16.9 Å². The lowest BCUT2D eigenvalue weighted by Crippen LogP contribution is -2.35. The minimum atomic E-state index is -1.01. The van der Waals surface area contributed by atoms with Crippen molar-refractivity contribution in [3.05, 3.63) is 65.7 Å². The van der Waals surface area contributed by atoms with Gasteiger partial charge in [-0.3, -0.25) is 9.59 Å². The van der Waals surface area contributed by atoms with Crippen molar-refractivity contribution in [3.63, 3.8) is 0 Å². The van der Waals surface area contributed by atoms with Crippen LogP contribution in [0, 0.1) is 0 Å². The van der Waals surface area contributed by atoms with Crippen LogP contribution >= 0.6 is 0 Å². The van der Waals surface area contributed by atoms with Crippen molar-refractivity contribution in [2.75, 3.05) is 13.7 Å². The number of hydrogen-bond donors (Lipinski definition) is 1. The minimum Gasteiger partial charge on any atom is -0.497 e. The van der Waals surface area contributed by atoms with Crippen LogP contribution in [0.25, 0.3) is 0 Å². The monoisotopic (exact) mass is 327 g/mol. The quantitative estimate of drug-likeness (QED) is 0.809. The molecule has 0 unspecified atom stereocenters. The van der Waals surface area contributed by atoms with Gasteiger partial charge >= 0.3 is 5.97 Å². The molecule has 1 N–H and O–H groups in total. The van der Waals surface area contributed by atoms with Gasteiger partial charge in [0.25, 0.3) is 0 Å². The third-order valence-electron chi connectivity index (χ3n) is 3.68. The van der Waals surface area contributed by atoms with Gasteiger partial charge in [0.2, 0.25) is 5.91 Å². The van der Waals surface area contributed by atoms with Gasteiger partial charge in [-0.15, -0.1) is 0 Å². The highest BCUT2D eigenvalue weighted by atomic mass is 16.5. The van der Waals surface area contributed by atoms with Crippen LogP contribution in [-0.2, 0) is 22.6 Å². The molecule has 0 aliphatic heterocycles. The molecule has 0 spiro atoms. The van der Waals surface area contributed by atoms with Gasteiger partial charge in [-0.1, -0.05) is 42.5 Å². The van der Waals surface area contributed by atoms with Crippen molar-refractivity contribution in [3.8, 4) is 5.75 Å². The summed E-state index contributed by atoms with van der Waals surface area (Å²) in [6.07, 6.45) is 0.834. The first-order valence-corrected chi connectivity index (χ1v) is 7.75. The van der Waals surface area contributed by atoms with Crippen LogP contribution in [0.4, 0.5) is 0 Å². The Morgan fingerprint density at radius 1 is 1.00 bits per heavy atom. The largest absolute Gasteiger partial charge is 0.497 e. The number of hydrogen-bond acceptors (Lipinski definition) is 3. The maximum absolute atomic E-state index is 12.4. The molecule has 126 valence electrons. The van der Waals surface area contributed by atoms with E-state index in [-0.39, 0.29) is 18.9 Å². The summed E-state index contributed by atoms with van der Waals surface area (Å²) in [7, 11) is 1.60. The first-order valence-electron chi connectivity index (χ1n) is 7.75. The lowest BCUT2D eigenvalue weighted by molar-refractivity contribution is -0.144. The van der Waals surface area contributed by atoms with Crippen molar-refractivity contribution < 1.29 is 19.4 Å². The summed E-state index contributed by atoms with van der Waals surface area (Å²) in [5, 5.41) is 9.05. The number of nitrogens with zero attached hydrogens (tertiary/aromatic N) is 1. The number of rotatable bonds is 8. The van der Waals surface area contributed by atoms with Gasteiger partial charge in [-0.2, -0.15) is 0 Å². The molecular formula is C19H21NO4. The maximum atomic E-state index is 12.4. The van der Waals surface area contributed by atoms with Crippen molar-refractivity contribution in [1.82, 2.24) is 4.90 Å². The zero-order chi connectivity index (χ0) is 17.4. The van der Waals surface area contributed by atoms with E-state index < -0.39 is 5.97 Å². The Balaban J connectivity index is 1.97. The van der Waals surface area contributed by atoms with Gasteiger partial charge in [0.15, 0.2) is 0 Å². The number of aryl methyl sites for hydroxylation is 1. The third-order valence-corrected chi connectivity index (χ3v) is 3.68. The Labute approximate surface area is 141 Å². The van der Waals surface area contributed by atoms with Gasteiger partial charge in [0.05, 0.1) is 7.11 Å². The van der Waals surface area contributed by atoms with E-state index in [4.69, 9.17) is 9.84 Å². The summed E-state index contributed by atoms with van der Waals surface area (Å²) in [5.74, 6) is -0.414. The lowest BCUT2D eigenvalue weighted by Gasteiger charge is -2.21. The second-order valence-corrected chi connectivity index (χ2v) is 5.48. The first-order chi connectivity index (χ1) is 11.6. The third kappa shape index (κ3) is 5.43. The summed E-state index contributed by atoms with van der Waals surface area (Å²) in [4.78, 5) is 24.8. The summed E-state index contributed by atoms with van der Waals surface area (Å²) < 4.78 is 5.10. The highest BCUT2D eigenvalue weighted by Crippen LogP contribution is 2.14. The average Bonchev–Trinajstić information content (AvgIpc) is 2.60. The SMILES string of the molecule is COc1ccc(CCC(=O)N(CC(=O)O)Cc2ccccc2)cc1. The van der Waals surface area contributed by atoms with E-state index in [1.807, 2.05) is 54.6 Å². The van der Waals surface area contributed by atoms with Crippen molar-refractivity contribution >= 4 is 11.9 Å². The number of carbonyl (C=O) groups is 2. The van der Waals surface area contributed by atoms with Crippen LogP contribution in [0.2, 0.25) is 0 Å². The van der Waals surface area contributed by atoms with E-state index in [9.17, 15) is 9.59 Å². The molecule has 5 heteroatoms. The number of methoxy groups -OCH3 is 1. The van der Waals surface area contributed by atoms with Crippen molar-refractivity contribution in [2.45, 2.75) is 19.4 Å². The standard InChI is InChI=1S/C19H21NO4/c1-24-17-10-7-15(8-11-17)9-12-18(21)20(14-19(22)23)13-16-5-3-2-4-6-16/h2-8,10-11H,9,12-14H2,1H3,(H,22,23). The number of benzene rings is 2. The Morgan fingerprint density at radius 3 is 2.25 bits per heavy atom. The maximum Gasteiger partial charge on any atom is 0.323 e. The van der Waals surface area contributed by atoms with Gasteiger partial charge < -0.3 is 14.7 Å². The fourth-order valence-electron chi connectivity index (χ4n) is 2.40. The van der Waals surface area contributed by atoms with Crippen LogP contribution in [0.1, 0.15) is 17.5 Å². The van der Waals surface area contributed by atoms with E-state index in [1.165, 1.54) is 4.90 Å². The summed E-state index contributed by atoms with van der Waals surface area (Å²) in [5.41, 5.74) is 1.93. The van der Waals surface area contributed by atoms with Gasteiger partial charge in [0.1, 0.15) is 12.3 Å². The highest BCUT2D eigenvalue weighted by molar-refractivity contribution is 5.81. The fourth-order valence-corrected chi connectivity index (χ4v) is 2.40. The molecule has 5 nitrogen and oxygen atoms in total. The second-order valence-electron chi connectivity index (χ2n) is 5.48. The summed E-state index contributed by atoms with van der Waals surface area (Å²) in [6, 6.07) is 16.9. The normalized spacial score (nSPS) is 10.2. The molecule has 2 aromatic rings. The van der Waals surface area contributed by atoms with Gasteiger partial charge in [-0.25, -0.2) is 0 Å². The zero-order valence-electron chi connectivity index (χ0n) is 13.6.